The highest BCUT2D eigenvalue weighted by Gasteiger charge is 2.67. The predicted molar refractivity (Wildman–Crippen MR) is 146 cm³/mol. The standard InChI is InChI=1S/C30H30N3O2S/c1-21-19-30-17-11-12-18-33(30,35-4)29-31-20-25(32(29)28(30)22(2)26(21)34-3)36-27(23-13-7-5-8-14-23)24-15-9-6-10-16-24/h5-18,20,27H,19H2,1-4H3/q+1. The van der Waals surface area contributed by atoms with Crippen LogP contribution in [0.3, 0.4) is 0 Å². The molecule has 2 aromatic carbocycles. The SMILES string of the molecule is COC1=C(C)CC23C=CC=C[N+]2(OC)c2ncc(SC(c4ccccc4)c4ccccc4)n2C3=C1C. The monoisotopic (exact) mass is 496 g/mol. The molecule has 1 aliphatic carbocycles. The molecule has 2 unspecified atom stereocenters. The zero-order valence-corrected chi connectivity index (χ0v) is 21.8. The van der Waals surface area contributed by atoms with Gasteiger partial charge >= 0.3 is 5.95 Å². The van der Waals surface area contributed by atoms with Crippen LogP contribution in [-0.2, 0) is 9.57 Å². The number of nitrogens with zero attached hydrogens (tertiary/aromatic N) is 3. The van der Waals surface area contributed by atoms with Crippen molar-refractivity contribution in [3.63, 3.8) is 0 Å². The topological polar surface area (TPSA) is 36.3 Å². The van der Waals surface area contributed by atoms with E-state index in [9.17, 15) is 0 Å². The largest absolute Gasteiger partial charge is 0.496 e. The maximum Gasteiger partial charge on any atom is 0.354 e. The lowest BCUT2D eigenvalue weighted by Gasteiger charge is -2.42. The molecule has 3 aliphatic rings. The lowest BCUT2D eigenvalue weighted by molar-refractivity contribution is -0.118. The van der Waals surface area contributed by atoms with E-state index >= 15 is 0 Å². The molecule has 6 rings (SSSR count). The van der Waals surface area contributed by atoms with Crippen LogP contribution in [-0.4, -0.2) is 29.3 Å². The van der Waals surface area contributed by atoms with E-state index in [1.807, 2.05) is 18.0 Å². The molecule has 1 spiro atoms. The molecule has 36 heavy (non-hydrogen) atoms. The number of rotatable bonds is 6. The average molecular weight is 497 g/mol. The highest BCUT2D eigenvalue weighted by Crippen LogP contribution is 2.59. The number of methoxy groups -OCH3 is 1. The van der Waals surface area contributed by atoms with Gasteiger partial charge in [-0.15, -0.1) is 0 Å². The molecule has 5 nitrogen and oxygen atoms in total. The number of hydroxylamine groups is 2. The maximum atomic E-state index is 6.35. The minimum Gasteiger partial charge on any atom is -0.496 e. The molecule has 2 aliphatic heterocycles. The van der Waals surface area contributed by atoms with Gasteiger partial charge in [-0.2, -0.15) is 9.82 Å². The number of ether oxygens (including phenoxy) is 1. The van der Waals surface area contributed by atoms with Crippen LogP contribution in [0, 0.1) is 0 Å². The van der Waals surface area contributed by atoms with Crippen molar-refractivity contribution in [2.75, 3.05) is 14.2 Å². The Morgan fingerprint density at radius 1 is 0.972 bits per heavy atom. The Balaban J connectivity index is 1.57. The zero-order valence-electron chi connectivity index (χ0n) is 21.0. The fourth-order valence-electron chi connectivity index (χ4n) is 6.16. The van der Waals surface area contributed by atoms with E-state index in [4.69, 9.17) is 14.6 Å². The summed E-state index contributed by atoms with van der Waals surface area (Å²) in [6, 6.07) is 21.4. The van der Waals surface area contributed by atoms with Crippen molar-refractivity contribution >= 4 is 23.4 Å². The summed E-state index contributed by atoms with van der Waals surface area (Å²) in [6.07, 6.45) is 11.4. The van der Waals surface area contributed by atoms with Gasteiger partial charge in [0.2, 0.25) is 5.54 Å². The first kappa shape index (κ1) is 23.1. The number of benzene rings is 2. The lowest BCUT2D eigenvalue weighted by atomic mass is 9.78. The summed E-state index contributed by atoms with van der Waals surface area (Å²) in [5, 5.41) is 1.20. The number of aromatic nitrogens is 2. The van der Waals surface area contributed by atoms with Crippen molar-refractivity contribution in [3.05, 3.63) is 119 Å². The Hall–Kier alpha value is -3.32. The highest BCUT2D eigenvalue weighted by molar-refractivity contribution is 7.99. The van der Waals surface area contributed by atoms with Gasteiger partial charge in [0, 0.05) is 12.0 Å². The van der Waals surface area contributed by atoms with Crippen LogP contribution in [0.4, 0.5) is 5.95 Å². The van der Waals surface area contributed by atoms with Gasteiger partial charge in [0.15, 0.2) is 0 Å². The second-order valence-electron chi connectivity index (χ2n) is 9.48. The van der Waals surface area contributed by atoms with Crippen molar-refractivity contribution in [1.82, 2.24) is 14.2 Å². The summed E-state index contributed by atoms with van der Waals surface area (Å²) in [5.41, 5.74) is 5.58. The van der Waals surface area contributed by atoms with E-state index in [1.54, 1.807) is 14.2 Å². The van der Waals surface area contributed by atoms with Crippen molar-refractivity contribution in [1.29, 1.82) is 0 Å². The van der Waals surface area contributed by atoms with Crippen LogP contribution in [0.1, 0.15) is 36.6 Å². The number of hydrogen-bond acceptors (Lipinski definition) is 4. The van der Waals surface area contributed by atoms with E-state index in [0.717, 1.165) is 28.7 Å². The quantitative estimate of drug-likeness (QED) is 0.271. The molecule has 0 bridgehead atoms. The Bertz CT molecular complexity index is 1400. The second-order valence-corrected chi connectivity index (χ2v) is 10.6. The maximum absolute atomic E-state index is 6.35. The molecule has 0 N–H and O–H groups in total. The number of hydrogen-bond donors (Lipinski definition) is 0. The van der Waals surface area contributed by atoms with Crippen molar-refractivity contribution < 1.29 is 9.57 Å². The van der Waals surface area contributed by atoms with Crippen molar-refractivity contribution in [2.45, 2.75) is 36.1 Å². The third kappa shape index (κ3) is 3.08. The minimum atomic E-state index is -0.437. The number of imidazole rings is 1. The molecule has 6 heteroatoms. The van der Waals surface area contributed by atoms with Crippen LogP contribution >= 0.6 is 11.8 Å². The molecule has 2 atom stereocenters. The summed E-state index contributed by atoms with van der Waals surface area (Å²) in [7, 11) is 3.53. The summed E-state index contributed by atoms with van der Waals surface area (Å²) >= 11 is 1.82. The van der Waals surface area contributed by atoms with Crippen LogP contribution in [0.2, 0.25) is 0 Å². The molecule has 0 fully saturated rings. The number of fused-ring (bicyclic) bond motifs is 3. The molecule has 3 heterocycles. The predicted octanol–water partition coefficient (Wildman–Crippen LogP) is 7.02. The van der Waals surface area contributed by atoms with Gasteiger partial charge in [-0.25, -0.2) is 4.57 Å². The summed E-state index contributed by atoms with van der Waals surface area (Å²) in [5.74, 6) is 1.81. The van der Waals surface area contributed by atoms with Gasteiger partial charge in [-0.3, -0.25) is 0 Å². The van der Waals surface area contributed by atoms with E-state index in [0.29, 0.717) is 0 Å². The first-order valence-electron chi connectivity index (χ1n) is 12.2. The van der Waals surface area contributed by atoms with Gasteiger partial charge in [-0.1, -0.05) is 83.1 Å². The van der Waals surface area contributed by atoms with Crippen LogP contribution < -0.4 is 4.65 Å². The zero-order chi connectivity index (χ0) is 24.9. The Morgan fingerprint density at radius 3 is 2.25 bits per heavy atom. The molecule has 3 aromatic rings. The Morgan fingerprint density at radius 2 is 1.64 bits per heavy atom. The molecule has 0 saturated heterocycles. The third-order valence-corrected chi connectivity index (χ3v) is 8.88. The molecule has 0 radical (unpaired) electrons. The summed E-state index contributed by atoms with van der Waals surface area (Å²) in [6.45, 7) is 4.31. The van der Waals surface area contributed by atoms with Gasteiger partial charge in [0.25, 0.3) is 0 Å². The van der Waals surface area contributed by atoms with E-state index in [-0.39, 0.29) is 9.90 Å². The van der Waals surface area contributed by atoms with Gasteiger partial charge in [0.1, 0.15) is 22.7 Å². The summed E-state index contributed by atoms with van der Waals surface area (Å²) < 4.78 is 8.42. The van der Waals surface area contributed by atoms with Gasteiger partial charge < -0.3 is 4.74 Å². The van der Waals surface area contributed by atoms with E-state index < -0.39 is 5.54 Å². The first-order chi connectivity index (χ1) is 17.6. The molecular formula is C30H30N3O2S+. The normalized spacial score (nSPS) is 24.2. The van der Waals surface area contributed by atoms with Gasteiger partial charge in [-0.05, 0) is 42.7 Å². The lowest BCUT2D eigenvalue weighted by Crippen LogP contribution is -2.60. The molecule has 182 valence electrons. The van der Waals surface area contributed by atoms with Crippen LogP contribution in [0.25, 0.3) is 5.70 Å². The molecule has 1 aromatic heterocycles. The Kier molecular flexibility index (Phi) is 5.56. The van der Waals surface area contributed by atoms with E-state index in [1.165, 1.54) is 22.4 Å². The molecule has 0 saturated carbocycles. The van der Waals surface area contributed by atoms with Gasteiger partial charge in [0.05, 0.1) is 25.7 Å². The van der Waals surface area contributed by atoms with Crippen LogP contribution in [0.15, 0.2) is 113 Å². The fraction of sp³-hybridized carbons (Fsp3) is 0.233. The third-order valence-electron chi connectivity index (χ3n) is 7.57. The molecule has 0 amide bonds. The summed E-state index contributed by atoms with van der Waals surface area (Å²) in [4.78, 5) is 11.4. The average Bonchev–Trinajstić information content (AvgIpc) is 3.43. The number of allylic oxidation sites excluding steroid dienone is 3. The highest BCUT2D eigenvalue weighted by atomic mass is 32.2. The molecular weight excluding hydrogens is 466 g/mol. The fourth-order valence-corrected chi connectivity index (χ4v) is 7.38. The number of thioether (sulfide) groups is 1. The number of quaternary nitrogens is 1. The van der Waals surface area contributed by atoms with Crippen molar-refractivity contribution in [2.24, 2.45) is 0 Å². The first-order valence-corrected chi connectivity index (χ1v) is 13.1. The van der Waals surface area contributed by atoms with Crippen molar-refractivity contribution in [3.8, 4) is 0 Å². The smallest absolute Gasteiger partial charge is 0.354 e. The van der Waals surface area contributed by atoms with E-state index in [2.05, 4.69) is 104 Å². The van der Waals surface area contributed by atoms with Crippen LogP contribution in [0.5, 0.6) is 0 Å². The minimum absolute atomic E-state index is 0.118. The Labute approximate surface area is 216 Å². The second kappa shape index (κ2) is 8.66.